The number of aryl methyl sites for hydroxylation is 2. The van der Waals surface area contributed by atoms with Crippen molar-refractivity contribution in [1.29, 1.82) is 0 Å². The third-order valence-electron chi connectivity index (χ3n) is 2.69. The molecule has 1 N–H and O–H groups in total. The van der Waals surface area contributed by atoms with E-state index >= 15 is 0 Å². The molecule has 2 heterocycles. The molecule has 0 radical (unpaired) electrons. The number of rotatable bonds is 4. The second-order valence-corrected chi connectivity index (χ2v) is 5.52. The van der Waals surface area contributed by atoms with Gasteiger partial charge in [0.25, 0.3) is 0 Å². The summed E-state index contributed by atoms with van der Waals surface area (Å²) in [6.07, 6.45) is 1.88. The van der Waals surface area contributed by atoms with Gasteiger partial charge in [0.15, 0.2) is 0 Å². The van der Waals surface area contributed by atoms with Crippen LogP contribution in [-0.2, 0) is 0 Å². The Morgan fingerprint density at radius 3 is 2.71 bits per heavy atom. The number of hydrogen-bond donors (Lipinski definition) is 1. The molecule has 0 saturated carbocycles. The highest BCUT2D eigenvalue weighted by atomic mass is 32.1. The van der Waals surface area contributed by atoms with E-state index in [1.807, 2.05) is 23.6 Å². The minimum absolute atomic E-state index is 0.221. The Labute approximate surface area is 107 Å². The largest absolute Gasteiger partial charge is 0.305 e. The number of thiophene rings is 1. The van der Waals surface area contributed by atoms with Gasteiger partial charge in [-0.1, -0.05) is 6.92 Å². The maximum absolute atomic E-state index is 4.49. The van der Waals surface area contributed by atoms with E-state index in [-0.39, 0.29) is 6.04 Å². The zero-order valence-corrected chi connectivity index (χ0v) is 11.3. The van der Waals surface area contributed by atoms with Crippen molar-refractivity contribution in [1.82, 2.24) is 10.3 Å². The summed E-state index contributed by atoms with van der Waals surface area (Å²) in [7, 11) is 0. The van der Waals surface area contributed by atoms with Crippen LogP contribution in [0.1, 0.15) is 34.0 Å². The lowest BCUT2D eigenvalue weighted by molar-refractivity contribution is 0.624. The Kier molecular flexibility index (Phi) is 3.92. The zero-order chi connectivity index (χ0) is 12.3. The molecule has 17 heavy (non-hydrogen) atoms. The molecule has 1 unspecified atom stereocenters. The molecule has 1 atom stereocenters. The van der Waals surface area contributed by atoms with Gasteiger partial charge in [0, 0.05) is 16.0 Å². The predicted molar refractivity (Wildman–Crippen MR) is 73.5 cm³/mol. The number of hydrogen-bond acceptors (Lipinski definition) is 3. The summed E-state index contributed by atoms with van der Waals surface area (Å²) in [5.41, 5.74) is 2.36. The first-order chi connectivity index (χ1) is 8.20. The molecule has 0 aromatic carbocycles. The van der Waals surface area contributed by atoms with Gasteiger partial charge in [-0.3, -0.25) is 4.98 Å². The average Bonchev–Trinajstić information content (AvgIpc) is 2.72. The van der Waals surface area contributed by atoms with Crippen molar-refractivity contribution < 1.29 is 0 Å². The summed E-state index contributed by atoms with van der Waals surface area (Å²) in [5.74, 6) is 0. The quantitative estimate of drug-likeness (QED) is 0.893. The van der Waals surface area contributed by atoms with Crippen molar-refractivity contribution in [2.75, 3.05) is 6.54 Å². The van der Waals surface area contributed by atoms with Crippen molar-refractivity contribution in [3.05, 3.63) is 51.5 Å². The van der Waals surface area contributed by atoms with E-state index in [2.05, 4.69) is 49.3 Å². The van der Waals surface area contributed by atoms with Crippen LogP contribution in [0.4, 0.5) is 0 Å². The minimum atomic E-state index is 0.221. The highest BCUT2D eigenvalue weighted by Crippen LogP contribution is 2.27. The van der Waals surface area contributed by atoms with Crippen molar-refractivity contribution >= 4 is 11.3 Å². The van der Waals surface area contributed by atoms with E-state index in [0.29, 0.717) is 0 Å². The summed E-state index contributed by atoms with van der Waals surface area (Å²) < 4.78 is 0. The van der Waals surface area contributed by atoms with Crippen LogP contribution in [0.5, 0.6) is 0 Å². The maximum Gasteiger partial charge on any atom is 0.0845 e. The van der Waals surface area contributed by atoms with E-state index in [9.17, 15) is 0 Å². The maximum atomic E-state index is 4.49. The van der Waals surface area contributed by atoms with Crippen LogP contribution in [0.25, 0.3) is 0 Å². The second-order valence-electron chi connectivity index (χ2n) is 4.20. The number of pyridine rings is 1. The van der Waals surface area contributed by atoms with Crippen LogP contribution in [0.2, 0.25) is 0 Å². The monoisotopic (exact) mass is 246 g/mol. The van der Waals surface area contributed by atoms with Gasteiger partial charge in [0.2, 0.25) is 0 Å². The van der Waals surface area contributed by atoms with Crippen LogP contribution < -0.4 is 5.32 Å². The third kappa shape index (κ3) is 2.93. The predicted octanol–water partition coefficient (Wildman–Crippen LogP) is 3.46. The van der Waals surface area contributed by atoms with E-state index in [1.54, 1.807) is 0 Å². The van der Waals surface area contributed by atoms with Crippen LogP contribution >= 0.6 is 11.3 Å². The summed E-state index contributed by atoms with van der Waals surface area (Å²) in [5, 5.41) is 3.50. The van der Waals surface area contributed by atoms with E-state index in [1.165, 1.54) is 15.3 Å². The summed E-state index contributed by atoms with van der Waals surface area (Å²) in [4.78, 5) is 7.17. The van der Waals surface area contributed by atoms with Crippen molar-refractivity contribution in [3.8, 4) is 0 Å². The molecule has 3 heteroatoms. The molecular formula is C14H18N2S. The van der Waals surface area contributed by atoms with Crippen molar-refractivity contribution in [2.45, 2.75) is 26.8 Å². The second kappa shape index (κ2) is 5.43. The van der Waals surface area contributed by atoms with Gasteiger partial charge >= 0.3 is 0 Å². The van der Waals surface area contributed by atoms with Crippen LogP contribution in [0.3, 0.4) is 0 Å². The molecule has 0 aliphatic heterocycles. The van der Waals surface area contributed by atoms with Gasteiger partial charge in [0.05, 0.1) is 11.7 Å². The van der Waals surface area contributed by atoms with Gasteiger partial charge < -0.3 is 5.32 Å². The third-order valence-corrected chi connectivity index (χ3v) is 3.75. The molecule has 0 aliphatic rings. The zero-order valence-electron chi connectivity index (χ0n) is 10.5. The van der Waals surface area contributed by atoms with Gasteiger partial charge in [-0.25, -0.2) is 0 Å². The molecule has 2 rings (SSSR count). The van der Waals surface area contributed by atoms with E-state index in [0.717, 1.165) is 12.2 Å². The molecule has 90 valence electrons. The smallest absolute Gasteiger partial charge is 0.0845 e. The molecular weight excluding hydrogens is 228 g/mol. The van der Waals surface area contributed by atoms with Crippen LogP contribution in [0, 0.1) is 13.8 Å². The van der Waals surface area contributed by atoms with Crippen LogP contribution in [0.15, 0.2) is 30.5 Å². The number of nitrogens with one attached hydrogen (secondary N) is 1. The Morgan fingerprint density at radius 1 is 1.29 bits per heavy atom. The van der Waals surface area contributed by atoms with Gasteiger partial charge in [0.1, 0.15) is 0 Å². The molecule has 2 nitrogen and oxygen atoms in total. The van der Waals surface area contributed by atoms with Crippen LogP contribution in [-0.4, -0.2) is 11.5 Å². The molecule has 0 amide bonds. The molecule has 0 saturated heterocycles. The van der Waals surface area contributed by atoms with Gasteiger partial charge in [-0.05, 0) is 50.2 Å². The summed E-state index contributed by atoms with van der Waals surface area (Å²) in [6.45, 7) is 7.31. The van der Waals surface area contributed by atoms with Gasteiger partial charge in [-0.2, -0.15) is 0 Å². The molecule has 0 bridgehead atoms. The fourth-order valence-electron chi connectivity index (χ4n) is 1.88. The lowest BCUT2D eigenvalue weighted by atomic mass is 10.1. The first kappa shape index (κ1) is 12.3. The standard InChI is InChI=1S/C14H18N2S/c1-4-15-14(13-6-5-11(3)17-13)12-9-10(2)7-8-16-12/h5-9,14-15H,4H2,1-3H3. The molecule has 0 aliphatic carbocycles. The lowest BCUT2D eigenvalue weighted by Gasteiger charge is -2.16. The topological polar surface area (TPSA) is 24.9 Å². The van der Waals surface area contributed by atoms with Crippen molar-refractivity contribution in [2.24, 2.45) is 0 Å². The van der Waals surface area contributed by atoms with E-state index < -0.39 is 0 Å². The van der Waals surface area contributed by atoms with Crippen molar-refractivity contribution in [3.63, 3.8) is 0 Å². The highest BCUT2D eigenvalue weighted by Gasteiger charge is 2.15. The average molecular weight is 246 g/mol. The SMILES string of the molecule is CCNC(c1cc(C)ccn1)c1ccc(C)s1. The Morgan fingerprint density at radius 2 is 2.12 bits per heavy atom. The fourth-order valence-corrected chi connectivity index (χ4v) is 2.85. The fraction of sp³-hybridized carbons (Fsp3) is 0.357. The Balaban J connectivity index is 2.35. The molecule has 2 aromatic heterocycles. The summed E-state index contributed by atoms with van der Waals surface area (Å²) >= 11 is 1.83. The van der Waals surface area contributed by atoms with Gasteiger partial charge in [-0.15, -0.1) is 11.3 Å². The number of aromatic nitrogens is 1. The highest BCUT2D eigenvalue weighted by molar-refractivity contribution is 7.12. The number of nitrogens with zero attached hydrogens (tertiary/aromatic N) is 1. The summed E-state index contributed by atoms with van der Waals surface area (Å²) in [6, 6.07) is 8.77. The lowest BCUT2D eigenvalue weighted by Crippen LogP contribution is -2.22. The molecule has 2 aromatic rings. The normalized spacial score (nSPS) is 12.6. The van der Waals surface area contributed by atoms with E-state index in [4.69, 9.17) is 0 Å². The minimum Gasteiger partial charge on any atom is -0.305 e. The first-order valence-corrected chi connectivity index (χ1v) is 6.74. The molecule has 0 fully saturated rings. The Hall–Kier alpha value is -1.19. The first-order valence-electron chi connectivity index (χ1n) is 5.93. The molecule has 0 spiro atoms. The Bertz CT molecular complexity index is 490.